The van der Waals surface area contributed by atoms with Gasteiger partial charge in [-0.3, -0.25) is 0 Å². The standard InChI is InChI=1S/C13H17NO3/c1-3-8-17-12-6-5-11(10-13(12)15-2)16-9-4-7-14/h1,5-6,10H,4,7-9,14H2,2H3. The molecule has 17 heavy (non-hydrogen) atoms. The molecule has 0 radical (unpaired) electrons. The van der Waals surface area contributed by atoms with Crippen molar-refractivity contribution in [2.45, 2.75) is 6.42 Å². The maximum atomic E-state index is 5.49. The minimum Gasteiger partial charge on any atom is -0.493 e. The summed E-state index contributed by atoms with van der Waals surface area (Å²) in [4.78, 5) is 0. The van der Waals surface area contributed by atoms with Gasteiger partial charge in [0.15, 0.2) is 11.5 Å². The predicted molar refractivity (Wildman–Crippen MR) is 66.5 cm³/mol. The topological polar surface area (TPSA) is 53.7 Å². The Morgan fingerprint density at radius 3 is 2.76 bits per heavy atom. The Morgan fingerprint density at radius 2 is 2.12 bits per heavy atom. The van der Waals surface area contributed by atoms with E-state index in [1.165, 1.54) is 0 Å². The summed E-state index contributed by atoms with van der Waals surface area (Å²) in [6.07, 6.45) is 5.94. The number of hydrogen-bond donors (Lipinski definition) is 1. The van der Waals surface area contributed by atoms with Crippen LogP contribution in [0, 0.1) is 12.3 Å². The quantitative estimate of drug-likeness (QED) is 0.574. The van der Waals surface area contributed by atoms with E-state index < -0.39 is 0 Å². The Bertz CT molecular complexity index is 385. The lowest BCUT2D eigenvalue weighted by Crippen LogP contribution is -2.06. The van der Waals surface area contributed by atoms with Gasteiger partial charge >= 0.3 is 0 Å². The van der Waals surface area contributed by atoms with Crippen LogP contribution in [0.1, 0.15) is 6.42 Å². The molecule has 2 N–H and O–H groups in total. The smallest absolute Gasteiger partial charge is 0.164 e. The molecule has 0 aliphatic carbocycles. The molecule has 1 aromatic carbocycles. The molecule has 0 unspecified atom stereocenters. The second-order valence-corrected chi connectivity index (χ2v) is 3.30. The third-order valence-corrected chi connectivity index (χ3v) is 2.06. The molecule has 4 heteroatoms. The summed E-state index contributed by atoms with van der Waals surface area (Å²) in [5, 5.41) is 0. The van der Waals surface area contributed by atoms with Gasteiger partial charge in [-0.2, -0.15) is 0 Å². The molecule has 0 bridgehead atoms. The van der Waals surface area contributed by atoms with E-state index in [9.17, 15) is 0 Å². The first-order valence-corrected chi connectivity index (χ1v) is 5.39. The predicted octanol–water partition coefficient (Wildman–Crippen LogP) is 1.43. The van der Waals surface area contributed by atoms with Gasteiger partial charge < -0.3 is 19.9 Å². The van der Waals surface area contributed by atoms with E-state index in [4.69, 9.17) is 26.4 Å². The number of nitrogens with two attached hydrogens (primary N) is 1. The lowest BCUT2D eigenvalue weighted by atomic mass is 10.3. The summed E-state index contributed by atoms with van der Waals surface area (Å²) < 4.78 is 16.0. The Morgan fingerprint density at radius 1 is 1.29 bits per heavy atom. The van der Waals surface area contributed by atoms with Gasteiger partial charge in [0.25, 0.3) is 0 Å². The van der Waals surface area contributed by atoms with Crippen molar-refractivity contribution in [2.24, 2.45) is 5.73 Å². The van der Waals surface area contributed by atoms with Crippen molar-refractivity contribution in [2.75, 3.05) is 26.9 Å². The number of hydrogen-bond acceptors (Lipinski definition) is 4. The van der Waals surface area contributed by atoms with E-state index in [1.54, 1.807) is 19.2 Å². The molecule has 92 valence electrons. The van der Waals surface area contributed by atoms with Crippen LogP contribution in [0.25, 0.3) is 0 Å². The summed E-state index contributed by atoms with van der Waals surface area (Å²) in [6.45, 7) is 1.41. The molecular formula is C13H17NO3. The fourth-order valence-corrected chi connectivity index (χ4v) is 1.25. The van der Waals surface area contributed by atoms with E-state index in [0.29, 0.717) is 24.7 Å². The first kappa shape index (κ1) is 13.2. The van der Waals surface area contributed by atoms with E-state index in [0.717, 1.165) is 12.2 Å². The average Bonchev–Trinajstić information content (AvgIpc) is 2.37. The van der Waals surface area contributed by atoms with E-state index in [2.05, 4.69) is 5.92 Å². The fourth-order valence-electron chi connectivity index (χ4n) is 1.25. The van der Waals surface area contributed by atoms with E-state index >= 15 is 0 Å². The van der Waals surface area contributed by atoms with Crippen LogP contribution in [0.3, 0.4) is 0 Å². The van der Waals surface area contributed by atoms with Crippen molar-refractivity contribution in [1.82, 2.24) is 0 Å². The van der Waals surface area contributed by atoms with Crippen molar-refractivity contribution in [3.8, 4) is 29.6 Å². The highest BCUT2D eigenvalue weighted by molar-refractivity contribution is 5.45. The number of terminal acetylenes is 1. The number of methoxy groups -OCH3 is 1. The Balaban J connectivity index is 2.67. The van der Waals surface area contributed by atoms with Crippen LogP contribution in [0.15, 0.2) is 18.2 Å². The minimum absolute atomic E-state index is 0.212. The number of ether oxygens (including phenoxy) is 3. The van der Waals surface area contributed by atoms with Crippen LogP contribution >= 0.6 is 0 Å². The SMILES string of the molecule is C#CCOc1ccc(OCCCN)cc1OC. The van der Waals surface area contributed by atoms with Gasteiger partial charge in [0.2, 0.25) is 0 Å². The Hall–Kier alpha value is -1.86. The normalized spacial score (nSPS) is 9.47. The van der Waals surface area contributed by atoms with E-state index in [-0.39, 0.29) is 6.61 Å². The lowest BCUT2D eigenvalue weighted by molar-refractivity contribution is 0.303. The fraction of sp³-hybridized carbons (Fsp3) is 0.385. The highest BCUT2D eigenvalue weighted by Gasteiger charge is 2.05. The Kier molecular flexibility index (Phi) is 5.76. The first-order chi connectivity index (χ1) is 8.31. The maximum Gasteiger partial charge on any atom is 0.164 e. The van der Waals surface area contributed by atoms with Gasteiger partial charge in [-0.05, 0) is 25.1 Å². The van der Waals surface area contributed by atoms with Crippen molar-refractivity contribution in [3.05, 3.63) is 18.2 Å². The molecule has 1 rings (SSSR count). The molecule has 0 amide bonds. The van der Waals surface area contributed by atoms with Crippen LogP contribution < -0.4 is 19.9 Å². The van der Waals surface area contributed by atoms with Gasteiger partial charge in [0, 0.05) is 6.07 Å². The van der Waals surface area contributed by atoms with Gasteiger partial charge in [-0.25, -0.2) is 0 Å². The molecule has 0 aliphatic heterocycles. The lowest BCUT2D eigenvalue weighted by Gasteiger charge is -2.11. The molecule has 0 saturated heterocycles. The van der Waals surface area contributed by atoms with Crippen LogP contribution in [-0.4, -0.2) is 26.9 Å². The molecule has 0 aliphatic rings. The average molecular weight is 235 g/mol. The summed E-state index contributed by atoms with van der Waals surface area (Å²) >= 11 is 0. The minimum atomic E-state index is 0.212. The van der Waals surface area contributed by atoms with E-state index in [1.807, 2.05) is 6.07 Å². The highest BCUT2D eigenvalue weighted by atomic mass is 16.5. The van der Waals surface area contributed by atoms with Crippen LogP contribution in [0.2, 0.25) is 0 Å². The number of benzene rings is 1. The molecule has 1 aromatic rings. The molecule has 0 heterocycles. The van der Waals surface area contributed by atoms with Crippen LogP contribution in [0.5, 0.6) is 17.2 Å². The van der Waals surface area contributed by atoms with Crippen molar-refractivity contribution in [1.29, 1.82) is 0 Å². The summed E-state index contributed by atoms with van der Waals surface area (Å²) in [6, 6.07) is 5.35. The van der Waals surface area contributed by atoms with Gasteiger partial charge in [0.05, 0.1) is 13.7 Å². The highest BCUT2D eigenvalue weighted by Crippen LogP contribution is 2.31. The second kappa shape index (κ2) is 7.42. The third kappa shape index (κ3) is 4.25. The third-order valence-electron chi connectivity index (χ3n) is 2.06. The maximum absolute atomic E-state index is 5.49. The monoisotopic (exact) mass is 235 g/mol. The second-order valence-electron chi connectivity index (χ2n) is 3.30. The van der Waals surface area contributed by atoms with Crippen LogP contribution in [-0.2, 0) is 0 Å². The van der Waals surface area contributed by atoms with Gasteiger partial charge in [-0.1, -0.05) is 5.92 Å². The van der Waals surface area contributed by atoms with Gasteiger partial charge in [-0.15, -0.1) is 6.42 Å². The molecule has 0 fully saturated rings. The molecule has 0 atom stereocenters. The first-order valence-electron chi connectivity index (χ1n) is 5.39. The van der Waals surface area contributed by atoms with Crippen LogP contribution in [0.4, 0.5) is 0 Å². The zero-order chi connectivity index (χ0) is 12.5. The molecule has 4 nitrogen and oxygen atoms in total. The van der Waals surface area contributed by atoms with Crippen molar-refractivity contribution >= 4 is 0 Å². The van der Waals surface area contributed by atoms with Crippen molar-refractivity contribution in [3.63, 3.8) is 0 Å². The largest absolute Gasteiger partial charge is 0.493 e. The summed E-state index contributed by atoms with van der Waals surface area (Å²) in [5.74, 6) is 4.34. The zero-order valence-electron chi connectivity index (χ0n) is 9.94. The van der Waals surface area contributed by atoms with Crippen molar-refractivity contribution < 1.29 is 14.2 Å². The number of rotatable bonds is 7. The summed E-state index contributed by atoms with van der Waals surface area (Å²) in [5.41, 5.74) is 5.38. The summed E-state index contributed by atoms with van der Waals surface area (Å²) in [7, 11) is 1.57. The molecular weight excluding hydrogens is 218 g/mol. The zero-order valence-corrected chi connectivity index (χ0v) is 9.94. The Labute approximate surface area is 102 Å². The molecule has 0 aromatic heterocycles. The van der Waals surface area contributed by atoms with Gasteiger partial charge in [0.1, 0.15) is 12.4 Å². The molecule has 0 saturated carbocycles. The molecule has 0 spiro atoms.